The van der Waals surface area contributed by atoms with Crippen LogP contribution < -0.4 is 5.73 Å². The number of allylic oxidation sites excluding steroid dienone is 8. The van der Waals surface area contributed by atoms with Crippen molar-refractivity contribution in [2.75, 3.05) is 26.4 Å². The summed E-state index contributed by atoms with van der Waals surface area (Å²) in [5, 5.41) is 8.93. The van der Waals surface area contributed by atoms with E-state index in [4.69, 9.17) is 29.4 Å². The molecule has 0 rings (SSSR count). The van der Waals surface area contributed by atoms with Gasteiger partial charge in [-0.3, -0.25) is 18.6 Å². The van der Waals surface area contributed by atoms with Crippen LogP contribution in [-0.4, -0.2) is 60.5 Å². The first-order valence-electron chi connectivity index (χ1n) is 25.7. The standard InChI is InChI=1S/C52H96NO9P/c1-3-5-7-9-11-13-15-17-19-21-22-23-24-25-26-27-29-31-33-35-37-39-41-43-45-59-46-49(47-60-63(57,58)61-48-50(53)52(55)56)62-51(54)44-42-40-38-36-34-32-30-28-20-18-16-14-12-10-8-6-4-2/h15,17-18,20-22,24-25,49-50H,3-14,16,19,23,26-48,53H2,1-2H3,(H,55,56)(H,57,58)/b17-15-,20-18-,22-21-,25-24-. The number of carbonyl (C=O) groups is 2. The molecule has 0 aliphatic carbocycles. The van der Waals surface area contributed by atoms with Gasteiger partial charge in [-0.25, -0.2) is 4.57 Å². The lowest BCUT2D eigenvalue weighted by molar-refractivity contribution is -0.154. The van der Waals surface area contributed by atoms with Crippen molar-refractivity contribution in [2.24, 2.45) is 5.73 Å². The highest BCUT2D eigenvalue weighted by Crippen LogP contribution is 2.43. The number of esters is 1. The van der Waals surface area contributed by atoms with Gasteiger partial charge in [-0.2, -0.15) is 0 Å². The van der Waals surface area contributed by atoms with Gasteiger partial charge >= 0.3 is 19.8 Å². The number of phosphoric ester groups is 1. The van der Waals surface area contributed by atoms with Gasteiger partial charge in [-0.15, -0.1) is 0 Å². The second-order valence-corrected chi connectivity index (χ2v) is 18.7. The van der Waals surface area contributed by atoms with Crippen LogP contribution in [0, 0.1) is 0 Å². The molecule has 0 aliphatic heterocycles. The smallest absolute Gasteiger partial charge is 0.472 e. The van der Waals surface area contributed by atoms with Gasteiger partial charge in [-0.05, 0) is 77.0 Å². The zero-order chi connectivity index (χ0) is 46.2. The fourth-order valence-corrected chi connectivity index (χ4v) is 7.86. The molecule has 3 unspecified atom stereocenters. The molecule has 10 nitrogen and oxygen atoms in total. The van der Waals surface area contributed by atoms with E-state index < -0.39 is 45.1 Å². The predicted molar refractivity (Wildman–Crippen MR) is 263 cm³/mol. The number of carboxylic acid groups (broad SMARTS) is 1. The lowest BCUT2D eigenvalue weighted by Gasteiger charge is -2.20. The molecule has 0 fully saturated rings. The topological polar surface area (TPSA) is 155 Å². The second-order valence-electron chi connectivity index (χ2n) is 17.3. The van der Waals surface area contributed by atoms with Gasteiger partial charge in [0.15, 0.2) is 0 Å². The maximum absolute atomic E-state index is 12.7. The van der Waals surface area contributed by atoms with Crippen molar-refractivity contribution < 1.29 is 42.7 Å². The highest BCUT2D eigenvalue weighted by atomic mass is 31.2. The van der Waals surface area contributed by atoms with E-state index in [0.717, 1.165) is 64.2 Å². The Morgan fingerprint density at radius 2 is 0.873 bits per heavy atom. The number of ether oxygens (including phenoxy) is 2. The molecule has 0 aromatic rings. The van der Waals surface area contributed by atoms with E-state index in [-0.39, 0.29) is 13.0 Å². The lowest BCUT2D eigenvalue weighted by Crippen LogP contribution is -2.34. The van der Waals surface area contributed by atoms with Gasteiger partial charge in [-0.1, -0.05) is 197 Å². The number of nitrogens with two attached hydrogens (primary N) is 1. The first-order chi connectivity index (χ1) is 30.7. The van der Waals surface area contributed by atoms with E-state index in [1.807, 2.05) is 0 Å². The number of hydrogen-bond donors (Lipinski definition) is 3. The third-order valence-corrected chi connectivity index (χ3v) is 12.0. The fourth-order valence-electron chi connectivity index (χ4n) is 7.08. The largest absolute Gasteiger partial charge is 0.480 e. The summed E-state index contributed by atoms with van der Waals surface area (Å²) in [6.07, 6.45) is 57.4. The highest BCUT2D eigenvalue weighted by molar-refractivity contribution is 7.47. The Morgan fingerprint density at radius 1 is 0.508 bits per heavy atom. The van der Waals surface area contributed by atoms with Crippen molar-refractivity contribution in [3.8, 4) is 0 Å². The van der Waals surface area contributed by atoms with Crippen molar-refractivity contribution in [3.05, 3.63) is 48.6 Å². The summed E-state index contributed by atoms with van der Waals surface area (Å²) in [7, 11) is -4.62. The summed E-state index contributed by atoms with van der Waals surface area (Å²) in [5.74, 6) is -1.78. The van der Waals surface area contributed by atoms with Crippen LogP contribution in [0.3, 0.4) is 0 Å². The minimum absolute atomic E-state index is 0.0114. The number of phosphoric acid groups is 1. The summed E-state index contributed by atoms with van der Waals surface area (Å²) >= 11 is 0. The van der Waals surface area contributed by atoms with Crippen molar-refractivity contribution in [3.63, 3.8) is 0 Å². The third-order valence-electron chi connectivity index (χ3n) is 11.1. The van der Waals surface area contributed by atoms with Crippen molar-refractivity contribution >= 4 is 19.8 Å². The van der Waals surface area contributed by atoms with Gasteiger partial charge in [0.2, 0.25) is 0 Å². The van der Waals surface area contributed by atoms with Crippen LogP contribution in [0.1, 0.15) is 232 Å². The number of unbranched alkanes of at least 4 members (excludes halogenated alkanes) is 27. The monoisotopic (exact) mass is 910 g/mol. The first-order valence-corrected chi connectivity index (χ1v) is 27.2. The average molecular weight is 910 g/mol. The Kier molecular flexibility index (Phi) is 46.3. The van der Waals surface area contributed by atoms with Gasteiger partial charge in [0.25, 0.3) is 0 Å². The van der Waals surface area contributed by atoms with Gasteiger partial charge in [0.1, 0.15) is 12.1 Å². The van der Waals surface area contributed by atoms with Crippen LogP contribution in [0.2, 0.25) is 0 Å². The lowest BCUT2D eigenvalue weighted by atomic mass is 10.1. The van der Waals surface area contributed by atoms with E-state index in [0.29, 0.717) is 13.0 Å². The van der Waals surface area contributed by atoms with E-state index in [1.54, 1.807) is 0 Å². The number of aliphatic carboxylic acids is 1. The molecule has 0 saturated carbocycles. The first kappa shape index (κ1) is 60.9. The zero-order valence-corrected chi connectivity index (χ0v) is 41.3. The van der Waals surface area contributed by atoms with Crippen LogP contribution in [0.5, 0.6) is 0 Å². The molecule has 63 heavy (non-hydrogen) atoms. The number of rotatable bonds is 49. The van der Waals surface area contributed by atoms with Gasteiger partial charge in [0, 0.05) is 13.0 Å². The highest BCUT2D eigenvalue weighted by Gasteiger charge is 2.27. The average Bonchev–Trinajstić information content (AvgIpc) is 3.26. The van der Waals surface area contributed by atoms with E-state index in [9.17, 15) is 19.0 Å². The molecule has 0 spiro atoms. The van der Waals surface area contributed by atoms with Crippen LogP contribution >= 0.6 is 7.82 Å². The van der Waals surface area contributed by atoms with Crippen LogP contribution in [0.25, 0.3) is 0 Å². The zero-order valence-electron chi connectivity index (χ0n) is 40.4. The van der Waals surface area contributed by atoms with Crippen molar-refractivity contribution in [2.45, 2.75) is 244 Å². The molecular formula is C52H96NO9P. The summed E-state index contributed by atoms with van der Waals surface area (Å²) in [6.45, 7) is 3.87. The van der Waals surface area contributed by atoms with Crippen LogP contribution in [0.4, 0.5) is 0 Å². The Morgan fingerprint density at radius 3 is 1.32 bits per heavy atom. The maximum Gasteiger partial charge on any atom is 0.472 e. The van der Waals surface area contributed by atoms with Crippen molar-refractivity contribution in [1.82, 2.24) is 0 Å². The minimum Gasteiger partial charge on any atom is -0.480 e. The fraction of sp³-hybridized carbons (Fsp3) is 0.808. The molecule has 0 aliphatic rings. The number of carboxylic acids is 1. The van der Waals surface area contributed by atoms with Gasteiger partial charge in [0.05, 0.1) is 19.8 Å². The molecule has 11 heteroatoms. The molecule has 0 aromatic heterocycles. The predicted octanol–water partition coefficient (Wildman–Crippen LogP) is 15.0. The molecule has 0 saturated heterocycles. The normalized spacial score (nSPS) is 14.1. The maximum atomic E-state index is 12.7. The minimum atomic E-state index is -4.62. The summed E-state index contributed by atoms with van der Waals surface area (Å²) in [5.41, 5.74) is 5.37. The van der Waals surface area contributed by atoms with Gasteiger partial charge < -0.3 is 25.2 Å². The second kappa shape index (κ2) is 47.9. The molecule has 0 bridgehead atoms. The third kappa shape index (κ3) is 47.7. The Labute approximate surface area is 386 Å². The summed E-state index contributed by atoms with van der Waals surface area (Å²) in [6, 6.07) is -1.48. The molecule has 4 N–H and O–H groups in total. The SMILES string of the molecule is CCCCCCC/C=C\C/C=C\C/C=C\CCCCCCCCCCCOCC(COP(=O)(O)OCC(N)C(=O)O)OC(=O)CCCCCCCCC/C=C\CCCCCCCC. The molecule has 0 aromatic carbocycles. The Hall–Kier alpha value is -2.07. The molecule has 3 atom stereocenters. The number of carbonyl (C=O) groups excluding carboxylic acids is 1. The molecule has 368 valence electrons. The summed E-state index contributed by atoms with van der Waals surface area (Å²) in [4.78, 5) is 33.7. The quantitative estimate of drug-likeness (QED) is 0.0232. The Balaban J connectivity index is 4.14. The van der Waals surface area contributed by atoms with Crippen LogP contribution in [-0.2, 0) is 32.7 Å². The van der Waals surface area contributed by atoms with Crippen LogP contribution in [0.15, 0.2) is 48.6 Å². The van der Waals surface area contributed by atoms with E-state index >= 15 is 0 Å². The van der Waals surface area contributed by atoms with E-state index in [1.165, 1.54) is 141 Å². The van der Waals surface area contributed by atoms with Crippen molar-refractivity contribution in [1.29, 1.82) is 0 Å². The number of hydrogen-bond acceptors (Lipinski definition) is 8. The Bertz CT molecular complexity index is 1190. The molecular weight excluding hydrogens is 814 g/mol. The van der Waals surface area contributed by atoms with E-state index in [2.05, 4.69) is 62.5 Å². The molecule has 0 heterocycles. The molecule has 0 radical (unpaired) electrons. The summed E-state index contributed by atoms with van der Waals surface area (Å²) < 4.78 is 33.5. The molecule has 0 amide bonds.